The average molecular weight is 314 g/mol. The third kappa shape index (κ3) is 3.00. The van der Waals surface area contributed by atoms with Crippen molar-refractivity contribution in [2.75, 3.05) is 5.32 Å². The number of amides is 1. The largest absolute Gasteiger partial charge is 0.321 e. The summed E-state index contributed by atoms with van der Waals surface area (Å²) in [5.41, 5.74) is 1.34. The SMILES string of the molecule is Cc1cc(NC(=O)c2ccnn2C)ccc1S(=O)(=O)Cl. The highest BCUT2D eigenvalue weighted by atomic mass is 35.7. The Morgan fingerprint density at radius 3 is 2.55 bits per heavy atom. The number of aryl methyl sites for hydroxylation is 2. The van der Waals surface area contributed by atoms with Crippen LogP contribution in [0, 0.1) is 6.92 Å². The summed E-state index contributed by atoms with van der Waals surface area (Å²) in [7, 11) is 3.17. The van der Waals surface area contributed by atoms with Gasteiger partial charge in [-0.1, -0.05) is 0 Å². The second-order valence-electron chi connectivity index (χ2n) is 4.21. The van der Waals surface area contributed by atoms with E-state index in [4.69, 9.17) is 10.7 Å². The predicted molar refractivity (Wildman–Crippen MR) is 75.4 cm³/mol. The van der Waals surface area contributed by atoms with E-state index in [-0.39, 0.29) is 10.8 Å². The minimum absolute atomic E-state index is 0.0256. The molecule has 0 aliphatic heterocycles. The maximum atomic E-state index is 12.0. The highest BCUT2D eigenvalue weighted by molar-refractivity contribution is 8.13. The molecule has 0 aliphatic rings. The van der Waals surface area contributed by atoms with Crippen molar-refractivity contribution in [1.82, 2.24) is 9.78 Å². The fraction of sp³-hybridized carbons (Fsp3) is 0.167. The lowest BCUT2D eigenvalue weighted by molar-refractivity contribution is 0.101. The summed E-state index contributed by atoms with van der Waals surface area (Å²) in [6.07, 6.45) is 1.52. The molecule has 8 heteroatoms. The van der Waals surface area contributed by atoms with E-state index < -0.39 is 9.05 Å². The van der Waals surface area contributed by atoms with Gasteiger partial charge in [0.2, 0.25) is 0 Å². The lowest BCUT2D eigenvalue weighted by Gasteiger charge is -2.08. The number of anilines is 1. The zero-order valence-electron chi connectivity index (χ0n) is 10.8. The minimum atomic E-state index is -3.78. The number of nitrogens with zero attached hydrogens (tertiary/aromatic N) is 2. The van der Waals surface area contributed by atoms with Crippen molar-refractivity contribution in [2.24, 2.45) is 7.05 Å². The van der Waals surface area contributed by atoms with E-state index in [1.165, 1.54) is 23.0 Å². The first kappa shape index (κ1) is 14.5. The van der Waals surface area contributed by atoms with Crippen molar-refractivity contribution in [2.45, 2.75) is 11.8 Å². The zero-order chi connectivity index (χ0) is 14.9. The minimum Gasteiger partial charge on any atom is -0.321 e. The Balaban J connectivity index is 2.26. The molecule has 2 rings (SSSR count). The van der Waals surface area contributed by atoms with Gasteiger partial charge in [-0.15, -0.1) is 0 Å². The highest BCUT2D eigenvalue weighted by Gasteiger charge is 2.15. The number of hydrogen-bond donors (Lipinski definition) is 1. The quantitative estimate of drug-likeness (QED) is 0.878. The average Bonchev–Trinajstić information content (AvgIpc) is 2.73. The number of nitrogens with one attached hydrogen (secondary N) is 1. The molecule has 0 fully saturated rings. The summed E-state index contributed by atoms with van der Waals surface area (Å²) in [5.74, 6) is -0.328. The van der Waals surface area contributed by atoms with E-state index >= 15 is 0 Å². The first-order chi connectivity index (χ1) is 9.29. The summed E-state index contributed by atoms with van der Waals surface area (Å²) in [4.78, 5) is 12.0. The highest BCUT2D eigenvalue weighted by Crippen LogP contribution is 2.23. The van der Waals surface area contributed by atoms with E-state index in [0.29, 0.717) is 16.9 Å². The molecule has 0 unspecified atom stereocenters. The Kier molecular flexibility index (Phi) is 3.82. The second kappa shape index (κ2) is 5.26. The lowest BCUT2D eigenvalue weighted by Crippen LogP contribution is -2.16. The van der Waals surface area contributed by atoms with Crippen molar-refractivity contribution in [3.8, 4) is 0 Å². The second-order valence-corrected chi connectivity index (χ2v) is 6.75. The molecular formula is C12H12ClN3O3S. The number of aromatic nitrogens is 2. The van der Waals surface area contributed by atoms with Crippen molar-refractivity contribution >= 4 is 31.3 Å². The Hall–Kier alpha value is -1.86. The summed E-state index contributed by atoms with van der Waals surface area (Å²) < 4.78 is 24.0. The molecule has 1 aromatic carbocycles. The van der Waals surface area contributed by atoms with Gasteiger partial charge in [-0.25, -0.2) is 8.42 Å². The van der Waals surface area contributed by atoms with Crippen LogP contribution < -0.4 is 5.32 Å². The monoisotopic (exact) mass is 313 g/mol. The van der Waals surface area contributed by atoms with Crippen LogP contribution >= 0.6 is 10.7 Å². The van der Waals surface area contributed by atoms with Crippen LogP contribution in [-0.4, -0.2) is 24.1 Å². The molecule has 0 saturated carbocycles. The lowest BCUT2D eigenvalue weighted by atomic mass is 10.2. The van der Waals surface area contributed by atoms with Crippen LogP contribution in [0.25, 0.3) is 0 Å². The van der Waals surface area contributed by atoms with Crippen LogP contribution in [0.1, 0.15) is 16.1 Å². The fourth-order valence-corrected chi connectivity index (χ4v) is 2.99. The number of rotatable bonds is 3. The van der Waals surface area contributed by atoms with Gasteiger partial charge >= 0.3 is 0 Å². The van der Waals surface area contributed by atoms with Crippen molar-refractivity contribution in [3.63, 3.8) is 0 Å². The van der Waals surface area contributed by atoms with Gasteiger partial charge in [0.25, 0.3) is 15.0 Å². The van der Waals surface area contributed by atoms with E-state index in [1.807, 2.05) is 0 Å². The Labute approximate surface area is 120 Å². The van der Waals surface area contributed by atoms with Gasteiger partial charge in [-0.05, 0) is 36.8 Å². The van der Waals surface area contributed by atoms with Gasteiger partial charge in [-0.3, -0.25) is 9.48 Å². The first-order valence-electron chi connectivity index (χ1n) is 5.63. The molecule has 1 heterocycles. The maximum absolute atomic E-state index is 12.0. The van der Waals surface area contributed by atoms with E-state index in [2.05, 4.69) is 10.4 Å². The van der Waals surface area contributed by atoms with Gasteiger partial charge in [0, 0.05) is 29.6 Å². The molecule has 20 heavy (non-hydrogen) atoms. The normalized spacial score (nSPS) is 11.3. The predicted octanol–water partition coefficient (Wildman–Crippen LogP) is 1.91. The zero-order valence-corrected chi connectivity index (χ0v) is 12.4. The van der Waals surface area contributed by atoms with E-state index in [9.17, 15) is 13.2 Å². The van der Waals surface area contributed by atoms with Crippen LogP contribution in [0.2, 0.25) is 0 Å². The number of carbonyl (C=O) groups excluding carboxylic acids is 1. The molecule has 1 aromatic heterocycles. The molecule has 0 spiro atoms. The molecule has 0 radical (unpaired) electrons. The summed E-state index contributed by atoms with van der Waals surface area (Å²) in [5, 5.41) is 6.57. The van der Waals surface area contributed by atoms with Crippen molar-refractivity contribution in [1.29, 1.82) is 0 Å². The first-order valence-corrected chi connectivity index (χ1v) is 7.94. The smallest absolute Gasteiger partial charge is 0.273 e. The molecule has 0 atom stereocenters. The fourth-order valence-electron chi connectivity index (χ4n) is 1.79. The Morgan fingerprint density at radius 1 is 1.35 bits per heavy atom. The third-order valence-electron chi connectivity index (χ3n) is 2.75. The molecule has 1 N–H and O–H groups in total. The standard InChI is InChI=1S/C12H12ClN3O3S/c1-8-7-9(3-4-11(8)20(13,18)19)15-12(17)10-5-6-14-16(10)2/h3-7H,1-2H3,(H,15,17). The molecule has 0 aliphatic carbocycles. The molecule has 6 nitrogen and oxygen atoms in total. The van der Waals surface area contributed by atoms with E-state index in [0.717, 1.165) is 0 Å². The third-order valence-corrected chi connectivity index (χ3v) is 4.23. The number of halogens is 1. The van der Waals surface area contributed by atoms with Crippen molar-refractivity contribution in [3.05, 3.63) is 41.7 Å². The molecule has 106 valence electrons. The molecule has 0 bridgehead atoms. The summed E-state index contributed by atoms with van der Waals surface area (Å²) >= 11 is 0. The van der Waals surface area contributed by atoms with E-state index in [1.54, 1.807) is 26.1 Å². The van der Waals surface area contributed by atoms with Gasteiger partial charge in [0.1, 0.15) is 5.69 Å². The van der Waals surface area contributed by atoms with Crippen LogP contribution in [0.4, 0.5) is 5.69 Å². The molecule has 2 aromatic rings. The van der Waals surface area contributed by atoms with Crippen LogP contribution in [0.3, 0.4) is 0 Å². The topological polar surface area (TPSA) is 81.1 Å². The van der Waals surface area contributed by atoms with Gasteiger partial charge in [0.15, 0.2) is 0 Å². The maximum Gasteiger partial charge on any atom is 0.273 e. The Bertz CT molecular complexity index is 768. The van der Waals surface area contributed by atoms with Crippen LogP contribution in [0.5, 0.6) is 0 Å². The van der Waals surface area contributed by atoms with Crippen LogP contribution in [-0.2, 0) is 16.1 Å². The summed E-state index contributed by atoms with van der Waals surface area (Å²) in [6.45, 7) is 1.61. The summed E-state index contributed by atoms with van der Waals surface area (Å²) in [6, 6.07) is 5.97. The number of benzene rings is 1. The van der Waals surface area contributed by atoms with Gasteiger partial charge in [-0.2, -0.15) is 5.10 Å². The molecule has 1 amide bonds. The van der Waals surface area contributed by atoms with Gasteiger partial charge < -0.3 is 5.32 Å². The number of carbonyl (C=O) groups is 1. The van der Waals surface area contributed by atoms with Crippen molar-refractivity contribution < 1.29 is 13.2 Å². The number of hydrogen-bond acceptors (Lipinski definition) is 4. The molecule has 0 saturated heterocycles. The molecular weight excluding hydrogens is 302 g/mol. The van der Waals surface area contributed by atoms with Gasteiger partial charge in [0.05, 0.1) is 4.90 Å². The Morgan fingerprint density at radius 2 is 2.05 bits per heavy atom. The van der Waals surface area contributed by atoms with Crippen LogP contribution in [0.15, 0.2) is 35.4 Å².